The number of carbonyl (C=O) groups is 2. The van der Waals surface area contributed by atoms with Crippen LogP contribution < -0.4 is 0 Å². The molecular weight excluding hydrogens is 294 g/mol. The number of hydrogen-bond acceptors (Lipinski definition) is 4. The molecule has 114 valence electrons. The summed E-state index contributed by atoms with van der Waals surface area (Å²) in [5, 5.41) is 8.93. The van der Waals surface area contributed by atoms with Gasteiger partial charge in [0.05, 0.1) is 10.8 Å². The highest BCUT2D eigenvalue weighted by Crippen LogP contribution is 2.20. The lowest BCUT2D eigenvalue weighted by atomic mass is 9.96. The van der Waals surface area contributed by atoms with Crippen molar-refractivity contribution in [2.75, 3.05) is 19.3 Å². The topological polar surface area (TPSA) is 91.8 Å². The summed E-state index contributed by atoms with van der Waals surface area (Å²) in [5.41, 5.74) is 0.413. The molecule has 0 atom stereocenters. The Morgan fingerprint density at radius 2 is 1.67 bits per heavy atom. The van der Waals surface area contributed by atoms with Crippen molar-refractivity contribution >= 4 is 21.7 Å². The largest absolute Gasteiger partial charge is 0.481 e. The van der Waals surface area contributed by atoms with E-state index in [1.807, 2.05) is 0 Å². The average Bonchev–Trinajstić information content (AvgIpc) is 2.46. The van der Waals surface area contributed by atoms with E-state index in [4.69, 9.17) is 5.11 Å². The number of benzene rings is 1. The number of carboxylic acid groups (broad SMARTS) is 1. The summed E-state index contributed by atoms with van der Waals surface area (Å²) in [7, 11) is -3.28. The molecule has 6 nitrogen and oxygen atoms in total. The zero-order valence-corrected chi connectivity index (χ0v) is 12.5. The second-order valence-corrected chi connectivity index (χ2v) is 7.22. The van der Waals surface area contributed by atoms with Gasteiger partial charge in [0.1, 0.15) is 0 Å². The van der Waals surface area contributed by atoms with Crippen LogP contribution in [-0.4, -0.2) is 49.6 Å². The highest BCUT2D eigenvalue weighted by atomic mass is 32.2. The summed E-state index contributed by atoms with van der Waals surface area (Å²) in [4.78, 5) is 24.9. The maximum Gasteiger partial charge on any atom is 0.306 e. The molecule has 1 saturated heterocycles. The Kier molecular flexibility index (Phi) is 4.32. The molecule has 1 fully saturated rings. The molecule has 0 saturated carbocycles. The summed E-state index contributed by atoms with van der Waals surface area (Å²) < 4.78 is 22.7. The van der Waals surface area contributed by atoms with Gasteiger partial charge in [-0.2, -0.15) is 0 Å². The molecule has 0 aromatic heterocycles. The van der Waals surface area contributed by atoms with Gasteiger partial charge in [-0.05, 0) is 37.1 Å². The molecule has 0 spiro atoms. The summed E-state index contributed by atoms with van der Waals surface area (Å²) in [5.74, 6) is -1.40. The molecule has 1 aromatic rings. The van der Waals surface area contributed by atoms with Crippen molar-refractivity contribution < 1.29 is 23.1 Å². The van der Waals surface area contributed by atoms with Crippen LogP contribution in [0.5, 0.6) is 0 Å². The van der Waals surface area contributed by atoms with Gasteiger partial charge in [-0.1, -0.05) is 0 Å². The number of amides is 1. The smallest absolute Gasteiger partial charge is 0.306 e. The fourth-order valence-corrected chi connectivity index (χ4v) is 2.99. The third-order valence-corrected chi connectivity index (χ3v) is 4.79. The zero-order chi connectivity index (χ0) is 15.6. The van der Waals surface area contributed by atoms with Gasteiger partial charge in [-0.3, -0.25) is 9.59 Å². The summed E-state index contributed by atoms with van der Waals surface area (Å²) in [6.45, 7) is 0.813. The second-order valence-electron chi connectivity index (χ2n) is 5.20. The van der Waals surface area contributed by atoms with Crippen LogP contribution in [0.2, 0.25) is 0 Å². The van der Waals surface area contributed by atoms with E-state index < -0.39 is 15.8 Å². The SMILES string of the molecule is CS(=O)(=O)c1ccc(C(=O)N2CCC(C(=O)O)CC2)cc1. The minimum atomic E-state index is -3.28. The molecule has 7 heteroatoms. The lowest BCUT2D eigenvalue weighted by Gasteiger charge is -2.30. The van der Waals surface area contributed by atoms with Crippen molar-refractivity contribution in [1.82, 2.24) is 4.90 Å². The lowest BCUT2D eigenvalue weighted by molar-refractivity contribution is -0.143. The first-order valence-electron chi connectivity index (χ1n) is 6.61. The van der Waals surface area contributed by atoms with E-state index >= 15 is 0 Å². The summed E-state index contributed by atoms with van der Waals surface area (Å²) in [6, 6.07) is 5.79. The van der Waals surface area contributed by atoms with Crippen molar-refractivity contribution in [2.45, 2.75) is 17.7 Å². The number of rotatable bonds is 3. The Bertz CT molecular complexity index is 642. The van der Waals surface area contributed by atoms with E-state index in [9.17, 15) is 18.0 Å². The van der Waals surface area contributed by atoms with Gasteiger partial charge in [0, 0.05) is 24.9 Å². The van der Waals surface area contributed by atoms with Gasteiger partial charge in [-0.25, -0.2) is 8.42 Å². The first-order valence-corrected chi connectivity index (χ1v) is 8.50. The van der Waals surface area contributed by atoms with E-state index in [2.05, 4.69) is 0 Å². The van der Waals surface area contributed by atoms with Crippen LogP contribution in [0.1, 0.15) is 23.2 Å². The summed E-state index contributed by atoms with van der Waals surface area (Å²) >= 11 is 0. The van der Waals surface area contributed by atoms with Crippen molar-refractivity contribution in [2.24, 2.45) is 5.92 Å². The molecular formula is C14H17NO5S. The molecule has 21 heavy (non-hydrogen) atoms. The molecule has 1 amide bonds. The molecule has 0 bridgehead atoms. The Hall–Kier alpha value is -1.89. The van der Waals surface area contributed by atoms with Crippen molar-refractivity contribution in [1.29, 1.82) is 0 Å². The third kappa shape index (κ3) is 3.60. The molecule has 0 aliphatic carbocycles. The van der Waals surface area contributed by atoms with Crippen LogP contribution in [0.4, 0.5) is 0 Å². The third-order valence-electron chi connectivity index (χ3n) is 3.66. The van der Waals surface area contributed by atoms with E-state index in [-0.39, 0.29) is 16.7 Å². The van der Waals surface area contributed by atoms with Crippen molar-refractivity contribution in [3.05, 3.63) is 29.8 Å². The molecule has 1 aromatic carbocycles. The average molecular weight is 311 g/mol. The second kappa shape index (κ2) is 5.85. The van der Waals surface area contributed by atoms with Gasteiger partial charge in [-0.15, -0.1) is 0 Å². The van der Waals surface area contributed by atoms with Crippen LogP contribution >= 0.6 is 0 Å². The maximum atomic E-state index is 12.3. The van der Waals surface area contributed by atoms with Gasteiger partial charge < -0.3 is 10.0 Å². The van der Waals surface area contributed by atoms with Crippen molar-refractivity contribution in [3.63, 3.8) is 0 Å². The number of sulfone groups is 1. The molecule has 1 N–H and O–H groups in total. The van der Waals surface area contributed by atoms with Crippen LogP contribution in [0, 0.1) is 5.92 Å². The molecule has 1 heterocycles. The Labute approximate surface area is 123 Å². The number of aliphatic carboxylic acids is 1. The highest BCUT2D eigenvalue weighted by Gasteiger charge is 2.27. The van der Waals surface area contributed by atoms with E-state index in [1.54, 1.807) is 4.90 Å². The normalized spacial score (nSPS) is 16.7. The Balaban J connectivity index is 2.06. The fourth-order valence-electron chi connectivity index (χ4n) is 2.36. The molecule has 1 aliphatic heterocycles. The van der Waals surface area contributed by atoms with E-state index in [1.165, 1.54) is 24.3 Å². The van der Waals surface area contributed by atoms with Crippen LogP contribution in [0.3, 0.4) is 0 Å². The minimum Gasteiger partial charge on any atom is -0.481 e. The lowest BCUT2D eigenvalue weighted by Crippen LogP contribution is -2.40. The molecule has 0 unspecified atom stereocenters. The van der Waals surface area contributed by atoms with Crippen molar-refractivity contribution in [3.8, 4) is 0 Å². The van der Waals surface area contributed by atoms with E-state index in [0.29, 0.717) is 31.5 Å². The van der Waals surface area contributed by atoms with E-state index in [0.717, 1.165) is 6.26 Å². The predicted octanol–water partition coefficient (Wildman–Crippen LogP) is 1.03. The number of likely N-dealkylation sites (tertiary alicyclic amines) is 1. The number of nitrogens with zero attached hydrogens (tertiary/aromatic N) is 1. The summed E-state index contributed by atoms with van der Waals surface area (Å²) in [6.07, 6.45) is 2.01. The quantitative estimate of drug-likeness (QED) is 0.900. The number of piperidine rings is 1. The van der Waals surface area contributed by atoms with Gasteiger partial charge in [0.15, 0.2) is 9.84 Å². The Morgan fingerprint density at radius 3 is 2.10 bits per heavy atom. The number of carbonyl (C=O) groups excluding carboxylic acids is 1. The zero-order valence-electron chi connectivity index (χ0n) is 11.7. The van der Waals surface area contributed by atoms with Gasteiger partial charge in [0.25, 0.3) is 5.91 Å². The van der Waals surface area contributed by atoms with Crippen LogP contribution in [0.15, 0.2) is 29.2 Å². The molecule has 1 aliphatic rings. The van der Waals surface area contributed by atoms with Crippen LogP contribution in [0.25, 0.3) is 0 Å². The minimum absolute atomic E-state index is 0.170. The Morgan fingerprint density at radius 1 is 1.14 bits per heavy atom. The van der Waals surface area contributed by atoms with Gasteiger partial charge in [0.2, 0.25) is 0 Å². The van der Waals surface area contributed by atoms with Gasteiger partial charge >= 0.3 is 5.97 Å². The highest BCUT2D eigenvalue weighted by molar-refractivity contribution is 7.90. The standard InChI is InChI=1S/C14H17NO5S/c1-21(19,20)12-4-2-10(3-5-12)13(16)15-8-6-11(7-9-15)14(17)18/h2-5,11H,6-9H2,1H3,(H,17,18). The maximum absolute atomic E-state index is 12.3. The van der Waals surface area contributed by atoms with Crippen LogP contribution in [-0.2, 0) is 14.6 Å². The molecule has 0 radical (unpaired) electrons. The molecule has 2 rings (SSSR count). The monoisotopic (exact) mass is 311 g/mol. The number of hydrogen-bond donors (Lipinski definition) is 1. The first-order chi connectivity index (χ1) is 9.79. The fraction of sp³-hybridized carbons (Fsp3) is 0.429. The predicted molar refractivity (Wildman–Crippen MR) is 75.8 cm³/mol. The number of carboxylic acids is 1. The first kappa shape index (κ1) is 15.5.